The minimum Gasteiger partial charge on any atom is -0.481 e. The number of hydrogen-bond donors (Lipinski definition) is 1. The number of halogens is 1. The van der Waals surface area contributed by atoms with Crippen molar-refractivity contribution in [3.8, 4) is 22.3 Å². The number of hydrogen-bond acceptors (Lipinski definition) is 4. The van der Waals surface area contributed by atoms with Crippen molar-refractivity contribution in [2.75, 3.05) is 10.6 Å². The summed E-state index contributed by atoms with van der Waals surface area (Å²) in [5.41, 5.74) is 8.35. The van der Waals surface area contributed by atoms with Gasteiger partial charge in [-0.25, -0.2) is 4.39 Å². The summed E-state index contributed by atoms with van der Waals surface area (Å²) < 4.78 is 17.1. The zero-order valence-corrected chi connectivity index (χ0v) is 18.2. The number of carboxylic acids is 1. The number of aryl methyl sites for hydroxylation is 1. The molecule has 0 unspecified atom stereocenters. The number of fused-ring (bicyclic) bond motifs is 3. The highest BCUT2D eigenvalue weighted by Gasteiger charge is 2.32. The van der Waals surface area contributed by atoms with Crippen LogP contribution in [0.4, 0.5) is 10.1 Å². The van der Waals surface area contributed by atoms with Crippen LogP contribution >= 0.6 is 11.9 Å². The van der Waals surface area contributed by atoms with Crippen LogP contribution in [0.5, 0.6) is 0 Å². The van der Waals surface area contributed by atoms with Crippen molar-refractivity contribution in [3.63, 3.8) is 0 Å². The van der Waals surface area contributed by atoms with Crippen molar-refractivity contribution in [2.24, 2.45) is 0 Å². The average molecular weight is 423 g/mol. The van der Waals surface area contributed by atoms with Crippen LogP contribution in [-0.4, -0.2) is 22.3 Å². The molecule has 6 heteroatoms. The molecular formula is C24H23FN2O2S. The summed E-state index contributed by atoms with van der Waals surface area (Å²) in [5, 5.41) is 9.64. The van der Waals surface area contributed by atoms with Crippen LogP contribution in [-0.2, 0) is 17.8 Å². The molecule has 1 aliphatic rings. The van der Waals surface area contributed by atoms with E-state index in [0.29, 0.717) is 17.8 Å². The van der Waals surface area contributed by atoms with E-state index in [1.54, 1.807) is 0 Å². The first-order valence-electron chi connectivity index (χ1n) is 9.73. The Bertz CT molecular complexity index is 1160. The lowest BCUT2D eigenvalue weighted by Crippen LogP contribution is -2.24. The van der Waals surface area contributed by atoms with E-state index in [0.717, 1.165) is 44.6 Å². The third-order valence-electron chi connectivity index (χ3n) is 5.76. The maximum atomic E-state index is 15.0. The molecular weight excluding hydrogens is 399 g/mol. The first-order valence-corrected chi connectivity index (χ1v) is 10.9. The van der Waals surface area contributed by atoms with Gasteiger partial charge in [0, 0.05) is 23.6 Å². The second kappa shape index (κ2) is 7.76. The highest BCUT2D eigenvalue weighted by molar-refractivity contribution is 7.99. The van der Waals surface area contributed by atoms with Gasteiger partial charge in [-0.05, 0) is 54.7 Å². The van der Waals surface area contributed by atoms with Crippen molar-refractivity contribution in [1.82, 2.24) is 4.98 Å². The SMILES string of the molecule is CSN1Cc2nccc(F)c2-c2c(C)c(-c3ccc(C)cc3)c(CC(=O)O)c(C)c21. The predicted octanol–water partition coefficient (Wildman–Crippen LogP) is 5.71. The molecule has 0 bridgehead atoms. The lowest BCUT2D eigenvalue weighted by atomic mass is 9.81. The number of benzene rings is 2. The normalized spacial score (nSPS) is 12.5. The summed E-state index contributed by atoms with van der Waals surface area (Å²) in [4.78, 5) is 16.2. The molecule has 3 aromatic rings. The fraction of sp³-hybridized carbons (Fsp3) is 0.250. The van der Waals surface area contributed by atoms with Gasteiger partial charge in [-0.1, -0.05) is 41.8 Å². The fourth-order valence-electron chi connectivity index (χ4n) is 4.38. The second-order valence-corrected chi connectivity index (χ2v) is 8.40. The maximum absolute atomic E-state index is 15.0. The van der Waals surface area contributed by atoms with Crippen LogP contribution in [0.2, 0.25) is 0 Å². The first kappa shape index (κ1) is 20.4. The standard InChI is InChI=1S/C24H23FN2O2S/c1-13-5-7-16(8-6-13)21-15(3)22-23-18(25)9-10-26-19(23)12-27(30-4)24(22)14(2)17(21)11-20(28)29/h5-10H,11-12H2,1-4H3,(H,28,29). The molecule has 1 aromatic heterocycles. The van der Waals surface area contributed by atoms with Gasteiger partial charge in [0.1, 0.15) is 5.82 Å². The quantitative estimate of drug-likeness (QED) is 0.546. The number of aromatic nitrogens is 1. The van der Waals surface area contributed by atoms with Crippen LogP contribution in [0.15, 0.2) is 36.5 Å². The smallest absolute Gasteiger partial charge is 0.307 e. The molecule has 0 fully saturated rings. The molecule has 0 radical (unpaired) electrons. The first-order chi connectivity index (χ1) is 14.3. The van der Waals surface area contributed by atoms with Crippen molar-refractivity contribution in [2.45, 2.75) is 33.7 Å². The maximum Gasteiger partial charge on any atom is 0.307 e. The molecule has 4 rings (SSSR count). The number of pyridine rings is 1. The molecule has 154 valence electrons. The predicted molar refractivity (Wildman–Crippen MR) is 120 cm³/mol. The van der Waals surface area contributed by atoms with Crippen LogP contribution in [0.1, 0.15) is 27.9 Å². The number of anilines is 1. The van der Waals surface area contributed by atoms with E-state index < -0.39 is 5.97 Å². The van der Waals surface area contributed by atoms with Crippen LogP contribution in [0.3, 0.4) is 0 Å². The Morgan fingerprint density at radius 2 is 1.80 bits per heavy atom. The molecule has 0 saturated carbocycles. The topological polar surface area (TPSA) is 53.4 Å². The van der Waals surface area contributed by atoms with Crippen molar-refractivity contribution >= 4 is 23.6 Å². The van der Waals surface area contributed by atoms with E-state index >= 15 is 4.39 Å². The zero-order valence-electron chi connectivity index (χ0n) is 17.4. The zero-order chi connectivity index (χ0) is 21.6. The number of nitrogens with zero attached hydrogens (tertiary/aromatic N) is 2. The molecule has 0 aliphatic carbocycles. The van der Waals surface area contributed by atoms with E-state index in [-0.39, 0.29) is 12.2 Å². The van der Waals surface area contributed by atoms with Crippen molar-refractivity contribution < 1.29 is 14.3 Å². The van der Waals surface area contributed by atoms with Gasteiger partial charge in [0.25, 0.3) is 0 Å². The van der Waals surface area contributed by atoms with E-state index in [9.17, 15) is 9.90 Å². The molecule has 2 aromatic carbocycles. The van der Waals surface area contributed by atoms with Gasteiger partial charge in [0.2, 0.25) is 0 Å². The minimum absolute atomic E-state index is 0.0895. The Hall–Kier alpha value is -2.86. The highest BCUT2D eigenvalue weighted by Crippen LogP contribution is 2.50. The van der Waals surface area contributed by atoms with Gasteiger partial charge in [-0.15, -0.1) is 0 Å². The molecule has 4 nitrogen and oxygen atoms in total. The number of carbonyl (C=O) groups is 1. The van der Waals surface area contributed by atoms with Crippen LogP contribution in [0, 0.1) is 26.6 Å². The average Bonchev–Trinajstić information content (AvgIpc) is 2.71. The Labute approximate surface area is 179 Å². The molecule has 1 N–H and O–H groups in total. The molecule has 2 heterocycles. The monoisotopic (exact) mass is 422 g/mol. The molecule has 0 atom stereocenters. The summed E-state index contributed by atoms with van der Waals surface area (Å²) in [6.07, 6.45) is 3.38. The van der Waals surface area contributed by atoms with E-state index in [2.05, 4.69) is 9.29 Å². The molecule has 30 heavy (non-hydrogen) atoms. The Morgan fingerprint density at radius 1 is 1.10 bits per heavy atom. The van der Waals surface area contributed by atoms with Gasteiger partial charge in [0.15, 0.2) is 0 Å². The lowest BCUT2D eigenvalue weighted by Gasteiger charge is -2.35. The van der Waals surface area contributed by atoms with Gasteiger partial charge in [-0.3, -0.25) is 9.78 Å². The number of carboxylic acid groups (broad SMARTS) is 1. The third kappa shape index (κ3) is 3.25. The van der Waals surface area contributed by atoms with Crippen LogP contribution in [0.25, 0.3) is 22.3 Å². The largest absolute Gasteiger partial charge is 0.481 e. The summed E-state index contributed by atoms with van der Waals surface area (Å²) in [5.74, 6) is -1.18. The van der Waals surface area contributed by atoms with E-state index in [4.69, 9.17) is 0 Å². The second-order valence-electron chi connectivity index (χ2n) is 7.60. The Morgan fingerprint density at radius 3 is 2.43 bits per heavy atom. The van der Waals surface area contributed by atoms with Crippen molar-refractivity contribution in [1.29, 1.82) is 0 Å². The van der Waals surface area contributed by atoms with E-state index in [1.165, 1.54) is 24.2 Å². The summed E-state index contributed by atoms with van der Waals surface area (Å²) in [6.45, 7) is 6.38. The molecule has 0 saturated heterocycles. The summed E-state index contributed by atoms with van der Waals surface area (Å²) in [7, 11) is 0. The highest BCUT2D eigenvalue weighted by atomic mass is 32.2. The van der Waals surface area contributed by atoms with Gasteiger partial charge < -0.3 is 9.41 Å². The van der Waals surface area contributed by atoms with Gasteiger partial charge in [-0.2, -0.15) is 0 Å². The third-order valence-corrected chi connectivity index (χ3v) is 6.51. The van der Waals surface area contributed by atoms with E-state index in [1.807, 2.05) is 51.3 Å². The lowest BCUT2D eigenvalue weighted by molar-refractivity contribution is -0.136. The van der Waals surface area contributed by atoms with Crippen molar-refractivity contribution in [3.05, 3.63) is 70.3 Å². The Balaban J connectivity index is 2.14. The van der Waals surface area contributed by atoms with Gasteiger partial charge >= 0.3 is 5.97 Å². The number of rotatable bonds is 4. The molecule has 0 spiro atoms. The summed E-state index contributed by atoms with van der Waals surface area (Å²) in [6, 6.07) is 9.43. The van der Waals surface area contributed by atoms with Gasteiger partial charge in [0.05, 0.1) is 24.3 Å². The molecule has 1 aliphatic heterocycles. The Kier molecular flexibility index (Phi) is 5.28. The minimum atomic E-state index is -0.884. The summed E-state index contributed by atoms with van der Waals surface area (Å²) >= 11 is 1.54. The fourth-order valence-corrected chi connectivity index (χ4v) is 5.04. The number of aliphatic carboxylic acids is 1. The molecule has 0 amide bonds. The van der Waals surface area contributed by atoms with Crippen LogP contribution < -0.4 is 4.31 Å².